The van der Waals surface area contributed by atoms with Crippen molar-refractivity contribution in [2.45, 2.75) is 27.2 Å². The highest BCUT2D eigenvalue weighted by molar-refractivity contribution is 6.28. The van der Waals surface area contributed by atoms with E-state index in [1.165, 1.54) is 59.6 Å². The number of para-hydroxylation sites is 5. The summed E-state index contributed by atoms with van der Waals surface area (Å²) in [6.07, 6.45) is 13.7. The van der Waals surface area contributed by atoms with Crippen LogP contribution in [0.5, 0.6) is 0 Å². The zero-order valence-electron chi connectivity index (χ0n) is 40.6. The van der Waals surface area contributed by atoms with Crippen LogP contribution in [0.3, 0.4) is 0 Å². The Balaban J connectivity index is 1.04. The molecule has 8 aromatic carbocycles. The molecule has 0 radical (unpaired) electrons. The summed E-state index contributed by atoms with van der Waals surface area (Å²) in [6.45, 7) is 10.6. The van der Waals surface area contributed by atoms with Crippen molar-refractivity contribution in [3.05, 3.63) is 249 Å². The molecule has 13 rings (SSSR count). The predicted octanol–water partition coefficient (Wildman–Crippen LogP) is 18.0. The predicted molar refractivity (Wildman–Crippen MR) is 308 cm³/mol. The molecule has 0 spiro atoms. The second-order valence-electron chi connectivity index (χ2n) is 18.6. The van der Waals surface area contributed by atoms with E-state index in [1.807, 2.05) is 6.08 Å². The molecule has 72 heavy (non-hydrogen) atoms. The zero-order valence-corrected chi connectivity index (χ0v) is 40.6. The van der Waals surface area contributed by atoms with Gasteiger partial charge < -0.3 is 18.3 Å². The Hall–Kier alpha value is -9.19. The molecule has 0 N–H and O–H groups in total. The maximum Gasteiger partial charge on any atom is 0.0705 e. The largest absolute Gasteiger partial charge is 0.309 e. The molecule has 0 bridgehead atoms. The Labute approximate surface area is 418 Å². The second kappa shape index (κ2) is 17.3. The van der Waals surface area contributed by atoms with Gasteiger partial charge in [-0.2, -0.15) is 0 Å². The minimum Gasteiger partial charge on any atom is -0.309 e. The van der Waals surface area contributed by atoms with Gasteiger partial charge in [-0.05, 0) is 122 Å². The highest BCUT2D eigenvalue weighted by Crippen LogP contribution is 2.45. The summed E-state index contributed by atoms with van der Waals surface area (Å²) < 4.78 is 9.80. The minimum atomic E-state index is 0.932. The first-order valence-corrected chi connectivity index (χ1v) is 24.9. The third-order valence-electron chi connectivity index (χ3n) is 14.5. The van der Waals surface area contributed by atoms with Gasteiger partial charge in [-0.25, -0.2) is 4.98 Å². The Kier molecular flexibility index (Phi) is 10.3. The van der Waals surface area contributed by atoms with Crippen LogP contribution in [0.15, 0.2) is 237 Å². The number of nitrogens with zero attached hydrogens (tertiary/aromatic N) is 5. The molecule has 0 aliphatic heterocycles. The summed E-state index contributed by atoms with van der Waals surface area (Å²) in [5.74, 6) is 0. The third-order valence-corrected chi connectivity index (χ3v) is 14.5. The molecule has 0 fully saturated rings. The monoisotopic (exact) mass is 925 g/mol. The van der Waals surface area contributed by atoms with E-state index in [4.69, 9.17) is 4.98 Å². The standard InChI is InChI=1S/C67H51N5/c1-5-8-23-45(7-3)57-33-21-32-56(68-57)44(4)42-47(22-6-2)69-60-36-18-14-30-54(60)65-62(69)40-39-53-51-29-13-17-35-59(51)72(67(53)65)49-27-20-26-48(43-49)70-61-37-19-15-31-55(61)64-63(70)41-38-52-50-28-12-16-34-58(50)71(66(52)64)46-24-10-9-11-25-46/h6-43H,2,5H2,1,3-4H3. The molecule has 0 aliphatic rings. The summed E-state index contributed by atoms with van der Waals surface area (Å²) in [4.78, 5) is 5.17. The lowest BCUT2D eigenvalue weighted by Crippen LogP contribution is -1.99. The number of hydrogen-bond acceptors (Lipinski definition) is 1. The van der Waals surface area contributed by atoms with Crippen LogP contribution in [0.2, 0.25) is 0 Å². The molecular formula is C67H51N5. The Bertz CT molecular complexity index is 4460. The summed E-state index contributed by atoms with van der Waals surface area (Å²) in [6, 6.07) is 70.8. The minimum absolute atomic E-state index is 0.932. The first-order valence-electron chi connectivity index (χ1n) is 24.9. The molecule has 0 saturated carbocycles. The van der Waals surface area contributed by atoms with E-state index < -0.39 is 0 Å². The van der Waals surface area contributed by atoms with E-state index in [-0.39, 0.29) is 0 Å². The average molecular weight is 926 g/mol. The van der Waals surface area contributed by atoms with E-state index >= 15 is 0 Å². The molecular weight excluding hydrogens is 875 g/mol. The zero-order chi connectivity index (χ0) is 48.5. The lowest BCUT2D eigenvalue weighted by atomic mass is 10.1. The third kappa shape index (κ3) is 6.58. The van der Waals surface area contributed by atoms with Gasteiger partial charge in [-0.3, -0.25) is 0 Å². The molecule has 0 amide bonds. The van der Waals surface area contributed by atoms with Gasteiger partial charge in [0.05, 0.1) is 55.5 Å². The Morgan fingerprint density at radius 2 is 1.00 bits per heavy atom. The average Bonchev–Trinajstić information content (AvgIpc) is 4.17. The fourth-order valence-corrected chi connectivity index (χ4v) is 11.5. The Morgan fingerprint density at radius 3 is 1.65 bits per heavy atom. The molecule has 0 saturated heterocycles. The lowest BCUT2D eigenvalue weighted by molar-refractivity contribution is 1.14. The highest BCUT2D eigenvalue weighted by Gasteiger charge is 2.24. The van der Waals surface area contributed by atoms with Crippen molar-refractivity contribution >= 4 is 104 Å². The van der Waals surface area contributed by atoms with Gasteiger partial charge in [-0.15, -0.1) is 0 Å². The van der Waals surface area contributed by atoms with Crippen LogP contribution < -0.4 is 0 Å². The van der Waals surface area contributed by atoms with Gasteiger partial charge in [0.15, 0.2) is 0 Å². The first kappa shape index (κ1) is 42.9. The van der Waals surface area contributed by atoms with Crippen LogP contribution in [-0.4, -0.2) is 23.3 Å². The molecule has 344 valence electrons. The quantitative estimate of drug-likeness (QED) is 0.126. The van der Waals surface area contributed by atoms with Gasteiger partial charge in [-0.1, -0.05) is 153 Å². The maximum atomic E-state index is 5.17. The molecule has 5 heteroatoms. The molecule has 0 unspecified atom stereocenters. The summed E-state index contributed by atoms with van der Waals surface area (Å²) in [7, 11) is 0. The molecule has 0 aliphatic carbocycles. The van der Waals surface area contributed by atoms with E-state index in [1.54, 1.807) is 0 Å². The number of hydrogen-bond donors (Lipinski definition) is 0. The van der Waals surface area contributed by atoms with E-state index in [9.17, 15) is 0 Å². The van der Waals surface area contributed by atoms with Crippen molar-refractivity contribution in [2.75, 3.05) is 0 Å². The summed E-state index contributed by atoms with van der Waals surface area (Å²) in [5, 5.41) is 9.74. The normalized spacial score (nSPS) is 13.0. The van der Waals surface area contributed by atoms with Gasteiger partial charge in [0.1, 0.15) is 0 Å². The number of rotatable bonds is 10. The Morgan fingerprint density at radius 1 is 0.486 bits per heavy atom. The van der Waals surface area contributed by atoms with Gasteiger partial charge in [0.25, 0.3) is 0 Å². The summed E-state index contributed by atoms with van der Waals surface area (Å²) >= 11 is 0. The van der Waals surface area contributed by atoms with Crippen molar-refractivity contribution < 1.29 is 0 Å². The molecule has 5 heterocycles. The SMILES string of the molecule is C=CC=C(C=C(C)c1cccc(C(C=CCC)=CC)n1)n1c2ccccc2c2c1ccc1c3ccccc3n(-c3cccc(-n4c5ccccc5c5c4ccc4c6ccccc6n(-c6ccccc6)c45)c3)c12. The van der Waals surface area contributed by atoms with Gasteiger partial charge >= 0.3 is 0 Å². The topological polar surface area (TPSA) is 32.6 Å². The number of fused-ring (bicyclic) bond motifs is 14. The van der Waals surface area contributed by atoms with E-state index in [0.29, 0.717) is 0 Å². The molecule has 5 nitrogen and oxygen atoms in total. The fourth-order valence-electron chi connectivity index (χ4n) is 11.5. The highest BCUT2D eigenvalue weighted by atomic mass is 15.0. The van der Waals surface area contributed by atoms with Crippen LogP contribution in [0.4, 0.5) is 0 Å². The maximum absolute atomic E-state index is 5.17. The van der Waals surface area contributed by atoms with Gasteiger partial charge in [0, 0.05) is 65.8 Å². The molecule has 5 aromatic heterocycles. The van der Waals surface area contributed by atoms with Crippen LogP contribution >= 0.6 is 0 Å². The van der Waals surface area contributed by atoms with Crippen LogP contribution in [0, 0.1) is 0 Å². The van der Waals surface area contributed by atoms with Crippen molar-refractivity contribution in [3.8, 4) is 17.1 Å². The van der Waals surface area contributed by atoms with E-state index in [0.717, 1.165) is 79.3 Å². The first-order chi connectivity index (χ1) is 35.6. The lowest BCUT2D eigenvalue weighted by Gasteiger charge is -2.14. The summed E-state index contributed by atoms with van der Waals surface area (Å²) in [5.41, 5.74) is 17.7. The van der Waals surface area contributed by atoms with E-state index in [2.05, 4.69) is 270 Å². The van der Waals surface area contributed by atoms with Crippen LogP contribution in [0.1, 0.15) is 38.6 Å². The fraction of sp³-hybridized carbons (Fsp3) is 0.0597. The van der Waals surface area contributed by atoms with Crippen molar-refractivity contribution in [3.63, 3.8) is 0 Å². The van der Waals surface area contributed by atoms with Crippen molar-refractivity contribution in [1.82, 2.24) is 23.3 Å². The molecule has 13 aromatic rings. The number of aromatic nitrogens is 5. The molecule has 0 atom stereocenters. The van der Waals surface area contributed by atoms with Gasteiger partial charge in [0.2, 0.25) is 0 Å². The van der Waals surface area contributed by atoms with Crippen LogP contribution in [-0.2, 0) is 0 Å². The number of pyridine rings is 1. The van der Waals surface area contributed by atoms with Crippen molar-refractivity contribution in [1.29, 1.82) is 0 Å². The van der Waals surface area contributed by atoms with Crippen LogP contribution in [0.25, 0.3) is 121 Å². The van der Waals surface area contributed by atoms with Crippen molar-refractivity contribution in [2.24, 2.45) is 0 Å². The smallest absolute Gasteiger partial charge is 0.0705 e. The number of allylic oxidation sites excluding steroid dienone is 9. The second-order valence-corrected chi connectivity index (χ2v) is 18.6. The number of benzene rings is 8.